The molecule has 0 saturated heterocycles. The summed E-state index contributed by atoms with van der Waals surface area (Å²) in [4.78, 5) is 1.43. The van der Waals surface area contributed by atoms with E-state index in [1.165, 1.54) is 4.88 Å². The second-order valence-electron chi connectivity index (χ2n) is 4.50. The molecule has 1 heterocycles. The van der Waals surface area contributed by atoms with E-state index < -0.39 is 0 Å². The number of aliphatic hydroxyl groups is 1. The quantitative estimate of drug-likeness (QED) is 0.769. The Bertz CT molecular complexity index is 273. The molecule has 1 rings (SSSR count). The van der Waals surface area contributed by atoms with E-state index in [-0.39, 0.29) is 6.61 Å². The summed E-state index contributed by atoms with van der Waals surface area (Å²) in [6.07, 6.45) is 2.22. The summed E-state index contributed by atoms with van der Waals surface area (Å²) in [6.45, 7) is 6.69. The highest BCUT2D eigenvalue weighted by Crippen LogP contribution is 2.14. The zero-order valence-corrected chi connectivity index (χ0v) is 11.3. The Balaban J connectivity index is 2.42. The smallest absolute Gasteiger partial charge is 0.0471 e. The molecule has 0 bridgehead atoms. The average molecular weight is 241 g/mol. The maximum absolute atomic E-state index is 9.11. The number of aliphatic hydroxyl groups excluding tert-OH is 1. The van der Waals surface area contributed by atoms with Gasteiger partial charge < -0.3 is 10.4 Å². The predicted octanol–water partition coefficient (Wildman–Crippen LogP) is 2.68. The van der Waals surface area contributed by atoms with Gasteiger partial charge in [-0.05, 0) is 37.1 Å². The first kappa shape index (κ1) is 13.7. The van der Waals surface area contributed by atoms with E-state index in [1.807, 2.05) is 11.3 Å². The second kappa shape index (κ2) is 7.05. The minimum atomic E-state index is 0.254. The molecule has 92 valence electrons. The van der Waals surface area contributed by atoms with Crippen molar-refractivity contribution in [1.82, 2.24) is 5.32 Å². The molecule has 0 aliphatic rings. The van der Waals surface area contributed by atoms with E-state index in [4.69, 9.17) is 5.11 Å². The van der Waals surface area contributed by atoms with Crippen molar-refractivity contribution < 1.29 is 5.11 Å². The normalized spacial score (nSPS) is 17.0. The topological polar surface area (TPSA) is 32.3 Å². The first-order chi connectivity index (χ1) is 7.67. The minimum absolute atomic E-state index is 0.254. The van der Waals surface area contributed by atoms with Gasteiger partial charge in [0.05, 0.1) is 0 Å². The molecule has 0 spiro atoms. The van der Waals surface area contributed by atoms with Gasteiger partial charge >= 0.3 is 0 Å². The molecule has 2 N–H and O–H groups in total. The van der Waals surface area contributed by atoms with Crippen molar-refractivity contribution in [1.29, 1.82) is 0 Å². The zero-order chi connectivity index (χ0) is 12.0. The van der Waals surface area contributed by atoms with Gasteiger partial charge in [0.1, 0.15) is 0 Å². The highest BCUT2D eigenvalue weighted by molar-refractivity contribution is 7.09. The first-order valence-corrected chi connectivity index (χ1v) is 6.94. The number of rotatable bonds is 7. The van der Waals surface area contributed by atoms with Crippen molar-refractivity contribution in [2.45, 2.75) is 45.7 Å². The van der Waals surface area contributed by atoms with Crippen LogP contribution in [0.25, 0.3) is 0 Å². The molecule has 3 atom stereocenters. The Morgan fingerprint density at radius 2 is 2.19 bits per heavy atom. The van der Waals surface area contributed by atoms with Crippen LogP contribution in [0, 0.1) is 5.92 Å². The molecule has 1 aromatic heterocycles. The predicted molar refractivity (Wildman–Crippen MR) is 70.9 cm³/mol. The standard InChI is InChI=1S/C13H23NOS/c1-4-12(8-13-6-5-7-16-13)14-11(3)10(2)9-15/h5-7,10-12,14-15H,4,8-9H2,1-3H3. The van der Waals surface area contributed by atoms with Crippen LogP contribution in [-0.4, -0.2) is 23.8 Å². The fourth-order valence-corrected chi connectivity index (χ4v) is 2.47. The maximum Gasteiger partial charge on any atom is 0.0471 e. The molecular weight excluding hydrogens is 218 g/mol. The van der Waals surface area contributed by atoms with E-state index in [9.17, 15) is 0 Å². The van der Waals surface area contributed by atoms with Crippen LogP contribution in [-0.2, 0) is 6.42 Å². The number of thiophene rings is 1. The molecule has 2 nitrogen and oxygen atoms in total. The summed E-state index contributed by atoms with van der Waals surface area (Å²) in [5, 5.41) is 14.8. The number of nitrogens with one attached hydrogen (secondary N) is 1. The van der Waals surface area contributed by atoms with Crippen LogP contribution in [0.5, 0.6) is 0 Å². The lowest BCUT2D eigenvalue weighted by Gasteiger charge is -2.25. The van der Waals surface area contributed by atoms with Crippen LogP contribution in [0.15, 0.2) is 17.5 Å². The molecule has 0 aliphatic carbocycles. The van der Waals surface area contributed by atoms with Crippen LogP contribution < -0.4 is 5.32 Å². The van der Waals surface area contributed by atoms with Crippen LogP contribution in [0.4, 0.5) is 0 Å². The average Bonchev–Trinajstić information content (AvgIpc) is 2.79. The summed E-state index contributed by atoms with van der Waals surface area (Å²) in [6, 6.07) is 5.18. The highest BCUT2D eigenvalue weighted by Gasteiger charge is 2.15. The summed E-state index contributed by atoms with van der Waals surface area (Å²) >= 11 is 1.82. The molecule has 16 heavy (non-hydrogen) atoms. The third-order valence-electron chi connectivity index (χ3n) is 3.16. The Kier molecular flexibility index (Phi) is 6.03. The Morgan fingerprint density at radius 1 is 1.44 bits per heavy atom. The first-order valence-electron chi connectivity index (χ1n) is 6.06. The van der Waals surface area contributed by atoms with E-state index in [2.05, 4.69) is 43.6 Å². The molecule has 0 aromatic carbocycles. The van der Waals surface area contributed by atoms with Gasteiger partial charge in [0.15, 0.2) is 0 Å². The van der Waals surface area contributed by atoms with Crippen LogP contribution in [0.3, 0.4) is 0 Å². The van der Waals surface area contributed by atoms with Gasteiger partial charge in [-0.25, -0.2) is 0 Å². The Hall–Kier alpha value is -0.380. The van der Waals surface area contributed by atoms with Crippen LogP contribution in [0.2, 0.25) is 0 Å². The monoisotopic (exact) mass is 241 g/mol. The van der Waals surface area contributed by atoms with E-state index in [0.717, 1.165) is 12.8 Å². The fraction of sp³-hybridized carbons (Fsp3) is 0.692. The fourth-order valence-electron chi connectivity index (χ4n) is 1.69. The highest BCUT2D eigenvalue weighted by atomic mass is 32.1. The summed E-state index contributed by atoms with van der Waals surface area (Å²) in [5.41, 5.74) is 0. The Morgan fingerprint density at radius 3 is 2.69 bits per heavy atom. The van der Waals surface area contributed by atoms with Crippen molar-refractivity contribution >= 4 is 11.3 Å². The largest absolute Gasteiger partial charge is 0.396 e. The zero-order valence-electron chi connectivity index (χ0n) is 10.4. The molecule has 0 fully saturated rings. The molecule has 0 saturated carbocycles. The van der Waals surface area contributed by atoms with Crippen molar-refractivity contribution in [3.8, 4) is 0 Å². The van der Waals surface area contributed by atoms with Crippen molar-refractivity contribution in [2.75, 3.05) is 6.61 Å². The SMILES string of the molecule is CCC(Cc1cccs1)NC(C)C(C)CO. The van der Waals surface area contributed by atoms with Gasteiger partial charge in [-0.1, -0.05) is 19.9 Å². The third kappa shape index (κ3) is 4.24. The molecule has 0 amide bonds. The third-order valence-corrected chi connectivity index (χ3v) is 4.06. The van der Waals surface area contributed by atoms with Gasteiger partial charge in [-0.2, -0.15) is 0 Å². The van der Waals surface area contributed by atoms with E-state index >= 15 is 0 Å². The molecule has 0 radical (unpaired) electrons. The van der Waals surface area contributed by atoms with Gasteiger partial charge in [0, 0.05) is 23.6 Å². The van der Waals surface area contributed by atoms with E-state index in [1.54, 1.807) is 0 Å². The Labute approximate surface area is 103 Å². The van der Waals surface area contributed by atoms with Gasteiger partial charge in [0.25, 0.3) is 0 Å². The summed E-state index contributed by atoms with van der Waals surface area (Å²) in [7, 11) is 0. The lowest BCUT2D eigenvalue weighted by Crippen LogP contribution is -2.41. The lowest BCUT2D eigenvalue weighted by molar-refractivity contribution is 0.200. The van der Waals surface area contributed by atoms with Gasteiger partial charge in [-0.15, -0.1) is 11.3 Å². The second-order valence-corrected chi connectivity index (χ2v) is 5.54. The molecule has 3 heteroatoms. The molecule has 0 aliphatic heterocycles. The number of hydrogen-bond acceptors (Lipinski definition) is 3. The molecular formula is C13H23NOS. The number of hydrogen-bond donors (Lipinski definition) is 2. The van der Waals surface area contributed by atoms with Crippen molar-refractivity contribution in [3.63, 3.8) is 0 Å². The molecule has 1 aromatic rings. The van der Waals surface area contributed by atoms with Crippen molar-refractivity contribution in [3.05, 3.63) is 22.4 Å². The van der Waals surface area contributed by atoms with Crippen LogP contribution >= 0.6 is 11.3 Å². The van der Waals surface area contributed by atoms with Crippen molar-refractivity contribution in [2.24, 2.45) is 5.92 Å². The maximum atomic E-state index is 9.11. The van der Waals surface area contributed by atoms with Gasteiger partial charge in [0.2, 0.25) is 0 Å². The van der Waals surface area contributed by atoms with Gasteiger partial charge in [-0.3, -0.25) is 0 Å². The van der Waals surface area contributed by atoms with Crippen LogP contribution in [0.1, 0.15) is 32.1 Å². The summed E-state index contributed by atoms with van der Waals surface area (Å²) in [5.74, 6) is 0.317. The van der Waals surface area contributed by atoms with E-state index in [0.29, 0.717) is 18.0 Å². The minimum Gasteiger partial charge on any atom is -0.396 e. The lowest BCUT2D eigenvalue weighted by atomic mass is 10.0. The summed E-state index contributed by atoms with van der Waals surface area (Å²) < 4.78 is 0. The molecule has 3 unspecified atom stereocenters.